The Morgan fingerprint density at radius 1 is 1.37 bits per heavy atom. The quantitative estimate of drug-likeness (QED) is 0.809. The van der Waals surface area contributed by atoms with E-state index in [-0.39, 0.29) is 0 Å². The highest BCUT2D eigenvalue weighted by Gasteiger charge is 2.21. The standard InChI is InChI=1S/C16H29N3/c1-3-5-9-15(7-4-2)19-13-18-12-16(19)14-8-6-10-17-11-14/h12-15,17H,3-11H2,1-2H3. The average Bonchev–Trinajstić information content (AvgIpc) is 2.93. The summed E-state index contributed by atoms with van der Waals surface area (Å²) in [6.07, 6.45) is 13.2. The zero-order valence-corrected chi connectivity index (χ0v) is 12.6. The van der Waals surface area contributed by atoms with Gasteiger partial charge in [-0.1, -0.05) is 33.1 Å². The van der Waals surface area contributed by atoms with Crippen LogP contribution in [0, 0.1) is 0 Å². The zero-order valence-electron chi connectivity index (χ0n) is 12.6. The third kappa shape index (κ3) is 3.82. The highest BCUT2D eigenvalue weighted by atomic mass is 15.1. The van der Waals surface area contributed by atoms with Gasteiger partial charge in [-0.05, 0) is 32.2 Å². The molecule has 2 unspecified atom stereocenters. The van der Waals surface area contributed by atoms with Crippen LogP contribution in [0.25, 0.3) is 0 Å². The van der Waals surface area contributed by atoms with Gasteiger partial charge < -0.3 is 9.88 Å². The summed E-state index contributed by atoms with van der Waals surface area (Å²) in [6, 6.07) is 0.657. The minimum Gasteiger partial charge on any atom is -0.331 e. The fourth-order valence-electron chi connectivity index (χ4n) is 3.24. The normalized spacial score (nSPS) is 21.5. The summed E-state index contributed by atoms with van der Waals surface area (Å²) < 4.78 is 2.48. The maximum Gasteiger partial charge on any atom is 0.0950 e. The average molecular weight is 263 g/mol. The van der Waals surface area contributed by atoms with Gasteiger partial charge in [0.2, 0.25) is 0 Å². The van der Waals surface area contributed by atoms with E-state index < -0.39 is 0 Å². The molecule has 2 heterocycles. The van der Waals surface area contributed by atoms with Gasteiger partial charge in [0.1, 0.15) is 0 Å². The van der Waals surface area contributed by atoms with Gasteiger partial charge in [-0.15, -0.1) is 0 Å². The van der Waals surface area contributed by atoms with Crippen molar-refractivity contribution in [2.45, 2.75) is 70.8 Å². The number of piperidine rings is 1. The van der Waals surface area contributed by atoms with Crippen LogP contribution >= 0.6 is 0 Å². The molecule has 0 aliphatic carbocycles. The van der Waals surface area contributed by atoms with Crippen LogP contribution in [0.4, 0.5) is 0 Å². The second kappa shape index (κ2) is 7.68. The van der Waals surface area contributed by atoms with Crippen LogP contribution in [-0.4, -0.2) is 22.6 Å². The van der Waals surface area contributed by atoms with Crippen molar-refractivity contribution in [3.05, 3.63) is 18.2 Å². The van der Waals surface area contributed by atoms with Crippen LogP contribution in [-0.2, 0) is 0 Å². The van der Waals surface area contributed by atoms with E-state index in [0.717, 1.165) is 6.54 Å². The number of imidazole rings is 1. The molecule has 3 nitrogen and oxygen atoms in total. The number of nitrogens with zero attached hydrogens (tertiary/aromatic N) is 2. The van der Waals surface area contributed by atoms with Crippen molar-refractivity contribution < 1.29 is 0 Å². The van der Waals surface area contributed by atoms with Gasteiger partial charge in [0.05, 0.1) is 6.33 Å². The number of nitrogens with one attached hydrogen (secondary N) is 1. The number of hydrogen-bond acceptors (Lipinski definition) is 2. The first-order valence-corrected chi connectivity index (χ1v) is 8.09. The Hall–Kier alpha value is -0.830. The summed E-state index contributed by atoms with van der Waals surface area (Å²) in [7, 11) is 0. The Morgan fingerprint density at radius 2 is 2.26 bits per heavy atom. The predicted octanol–water partition coefficient (Wildman–Crippen LogP) is 3.88. The number of hydrogen-bond donors (Lipinski definition) is 1. The lowest BCUT2D eigenvalue weighted by Gasteiger charge is -2.27. The molecule has 0 radical (unpaired) electrons. The Morgan fingerprint density at radius 3 is 2.95 bits per heavy atom. The Labute approximate surface area is 117 Å². The van der Waals surface area contributed by atoms with Crippen LogP contribution < -0.4 is 5.32 Å². The molecule has 0 bridgehead atoms. The van der Waals surface area contributed by atoms with Gasteiger partial charge in [-0.3, -0.25) is 0 Å². The molecule has 0 amide bonds. The molecule has 1 aliphatic rings. The Bertz CT molecular complexity index is 353. The van der Waals surface area contributed by atoms with E-state index in [1.54, 1.807) is 0 Å². The third-order valence-electron chi connectivity index (χ3n) is 4.32. The lowest BCUT2D eigenvalue weighted by atomic mass is 9.95. The summed E-state index contributed by atoms with van der Waals surface area (Å²) in [5.41, 5.74) is 1.46. The van der Waals surface area contributed by atoms with Crippen LogP contribution in [0.5, 0.6) is 0 Å². The summed E-state index contributed by atoms with van der Waals surface area (Å²) in [5.74, 6) is 0.664. The largest absolute Gasteiger partial charge is 0.331 e. The summed E-state index contributed by atoms with van der Waals surface area (Å²) >= 11 is 0. The van der Waals surface area contributed by atoms with Crippen LogP contribution in [0.3, 0.4) is 0 Å². The van der Waals surface area contributed by atoms with E-state index in [9.17, 15) is 0 Å². The van der Waals surface area contributed by atoms with Gasteiger partial charge in [-0.25, -0.2) is 4.98 Å². The maximum atomic E-state index is 4.44. The van der Waals surface area contributed by atoms with Crippen LogP contribution in [0.15, 0.2) is 12.5 Å². The molecule has 1 aromatic heterocycles. The molecule has 19 heavy (non-hydrogen) atoms. The molecule has 1 N–H and O–H groups in total. The maximum absolute atomic E-state index is 4.44. The minimum absolute atomic E-state index is 0.657. The molecule has 0 spiro atoms. The van der Waals surface area contributed by atoms with Crippen molar-refractivity contribution in [3.8, 4) is 0 Å². The van der Waals surface area contributed by atoms with E-state index in [1.165, 1.54) is 57.2 Å². The van der Waals surface area contributed by atoms with Crippen molar-refractivity contribution >= 4 is 0 Å². The van der Waals surface area contributed by atoms with Crippen molar-refractivity contribution in [1.82, 2.24) is 14.9 Å². The third-order valence-corrected chi connectivity index (χ3v) is 4.32. The second-order valence-corrected chi connectivity index (χ2v) is 5.85. The second-order valence-electron chi connectivity index (χ2n) is 5.85. The SMILES string of the molecule is CCCCC(CCC)n1cncc1C1CCCNC1. The van der Waals surface area contributed by atoms with Gasteiger partial charge in [0, 0.05) is 30.4 Å². The van der Waals surface area contributed by atoms with Gasteiger partial charge in [0.15, 0.2) is 0 Å². The molecular weight excluding hydrogens is 234 g/mol. The summed E-state index contributed by atoms with van der Waals surface area (Å²) in [6.45, 7) is 6.87. The highest BCUT2D eigenvalue weighted by Crippen LogP contribution is 2.29. The van der Waals surface area contributed by atoms with E-state index in [1.807, 2.05) is 0 Å². The molecule has 0 aromatic carbocycles. The zero-order chi connectivity index (χ0) is 13.5. The van der Waals surface area contributed by atoms with Crippen LogP contribution in [0.1, 0.15) is 76.4 Å². The fraction of sp³-hybridized carbons (Fsp3) is 0.812. The Kier molecular flexibility index (Phi) is 5.90. The molecule has 2 atom stereocenters. The highest BCUT2D eigenvalue weighted by molar-refractivity contribution is 5.09. The topological polar surface area (TPSA) is 29.9 Å². The number of rotatable bonds is 7. The summed E-state index contributed by atoms with van der Waals surface area (Å²) in [4.78, 5) is 4.44. The molecule has 108 valence electrons. The van der Waals surface area contributed by atoms with Gasteiger partial charge in [0.25, 0.3) is 0 Å². The molecule has 1 saturated heterocycles. The first kappa shape index (κ1) is 14.6. The van der Waals surface area contributed by atoms with Crippen molar-refractivity contribution in [3.63, 3.8) is 0 Å². The first-order chi connectivity index (χ1) is 9.36. The molecule has 1 aliphatic heterocycles. The van der Waals surface area contributed by atoms with Gasteiger partial charge in [-0.2, -0.15) is 0 Å². The van der Waals surface area contributed by atoms with Crippen molar-refractivity contribution in [1.29, 1.82) is 0 Å². The lowest BCUT2D eigenvalue weighted by molar-refractivity contribution is 0.378. The smallest absolute Gasteiger partial charge is 0.0950 e. The van der Waals surface area contributed by atoms with E-state index in [0.29, 0.717) is 12.0 Å². The van der Waals surface area contributed by atoms with E-state index in [4.69, 9.17) is 0 Å². The first-order valence-electron chi connectivity index (χ1n) is 8.09. The minimum atomic E-state index is 0.657. The lowest BCUT2D eigenvalue weighted by Crippen LogP contribution is -2.30. The monoisotopic (exact) mass is 263 g/mol. The Balaban J connectivity index is 2.10. The summed E-state index contributed by atoms with van der Waals surface area (Å²) in [5, 5.41) is 3.52. The molecule has 1 fully saturated rings. The van der Waals surface area contributed by atoms with E-state index in [2.05, 4.69) is 41.2 Å². The predicted molar refractivity (Wildman–Crippen MR) is 80.5 cm³/mol. The van der Waals surface area contributed by atoms with Crippen molar-refractivity contribution in [2.75, 3.05) is 13.1 Å². The molecule has 1 aromatic rings. The number of aromatic nitrogens is 2. The molecular formula is C16H29N3. The molecule has 2 rings (SSSR count). The molecule has 0 saturated carbocycles. The molecule has 3 heteroatoms. The van der Waals surface area contributed by atoms with Crippen LogP contribution in [0.2, 0.25) is 0 Å². The van der Waals surface area contributed by atoms with Crippen molar-refractivity contribution in [2.24, 2.45) is 0 Å². The van der Waals surface area contributed by atoms with Gasteiger partial charge >= 0.3 is 0 Å². The fourth-order valence-corrected chi connectivity index (χ4v) is 3.24. The van der Waals surface area contributed by atoms with E-state index >= 15 is 0 Å². The number of unbranched alkanes of at least 4 members (excludes halogenated alkanes) is 1.